The van der Waals surface area contributed by atoms with Gasteiger partial charge in [0.25, 0.3) is 5.56 Å². The molecule has 88 valence electrons. The molecule has 0 saturated carbocycles. The van der Waals surface area contributed by atoms with E-state index < -0.39 is 5.56 Å². The maximum Gasteiger partial charge on any atom is 0.273 e. The van der Waals surface area contributed by atoms with Gasteiger partial charge in [0.15, 0.2) is 5.02 Å². The zero-order valence-electron chi connectivity index (χ0n) is 9.45. The van der Waals surface area contributed by atoms with Crippen LogP contribution < -0.4 is 10.3 Å². The number of hydrogen-bond donors (Lipinski definition) is 1. The van der Waals surface area contributed by atoms with Crippen molar-refractivity contribution in [3.8, 4) is 11.6 Å². The molecule has 0 spiro atoms. The highest BCUT2D eigenvalue weighted by Crippen LogP contribution is 2.26. The smallest absolute Gasteiger partial charge is 0.273 e. The highest BCUT2D eigenvalue weighted by Gasteiger charge is 2.09. The third-order valence-electron chi connectivity index (χ3n) is 2.30. The molecular formula is C12H11ClN2O2. The van der Waals surface area contributed by atoms with Gasteiger partial charge < -0.3 is 9.72 Å². The number of nitrogens with zero attached hydrogens (tertiary/aromatic N) is 1. The van der Waals surface area contributed by atoms with Crippen LogP contribution in [0.4, 0.5) is 0 Å². The fraction of sp³-hybridized carbons (Fsp3) is 0.167. The molecule has 0 atom stereocenters. The summed E-state index contributed by atoms with van der Waals surface area (Å²) < 4.78 is 5.51. The molecule has 1 aromatic heterocycles. The molecule has 0 aliphatic rings. The molecule has 0 aliphatic heterocycles. The minimum absolute atomic E-state index is 0.0486. The number of aromatic nitrogens is 2. The van der Waals surface area contributed by atoms with E-state index in [-0.39, 0.29) is 10.9 Å². The van der Waals surface area contributed by atoms with Crippen LogP contribution in [0.3, 0.4) is 0 Å². The van der Waals surface area contributed by atoms with Gasteiger partial charge >= 0.3 is 0 Å². The van der Waals surface area contributed by atoms with Crippen LogP contribution in [0, 0.1) is 13.8 Å². The SMILES string of the molecule is Cc1ccc(Oc2nc[nH]c(=O)c2Cl)c(C)c1. The van der Waals surface area contributed by atoms with Gasteiger partial charge in [0.05, 0.1) is 6.33 Å². The third-order valence-corrected chi connectivity index (χ3v) is 2.63. The molecule has 0 aliphatic carbocycles. The van der Waals surface area contributed by atoms with Gasteiger partial charge in [-0.1, -0.05) is 29.3 Å². The van der Waals surface area contributed by atoms with E-state index in [2.05, 4.69) is 9.97 Å². The summed E-state index contributed by atoms with van der Waals surface area (Å²) in [5, 5.41) is -0.0486. The van der Waals surface area contributed by atoms with Crippen molar-refractivity contribution in [3.05, 3.63) is 51.0 Å². The highest BCUT2D eigenvalue weighted by molar-refractivity contribution is 6.31. The monoisotopic (exact) mass is 250 g/mol. The molecule has 17 heavy (non-hydrogen) atoms. The predicted octanol–water partition coefficient (Wildman–Crippen LogP) is 2.83. The Kier molecular flexibility index (Phi) is 3.15. The van der Waals surface area contributed by atoms with Crippen LogP contribution in [0.5, 0.6) is 11.6 Å². The fourth-order valence-corrected chi connectivity index (χ4v) is 1.60. The van der Waals surface area contributed by atoms with Crippen LogP contribution in [0.2, 0.25) is 5.02 Å². The van der Waals surface area contributed by atoms with E-state index >= 15 is 0 Å². The first-order valence-corrected chi connectivity index (χ1v) is 5.44. The zero-order chi connectivity index (χ0) is 12.4. The van der Waals surface area contributed by atoms with Crippen LogP contribution in [-0.4, -0.2) is 9.97 Å². The Hall–Kier alpha value is -1.81. The van der Waals surface area contributed by atoms with E-state index in [0.29, 0.717) is 5.75 Å². The van der Waals surface area contributed by atoms with Crippen LogP contribution >= 0.6 is 11.6 Å². The molecule has 0 bridgehead atoms. The first-order chi connectivity index (χ1) is 8.08. The summed E-state index contributed by atoms with van der Waals surface area (Å²) in [7, 11) is 0. The van der Waals surface area contributed by atoms with Gasteiger partial charge in [0.2, 0.25) is 5.88 Å². The highest BCUT2D eigenvalue weighted by atomic mass is 35.5. The number of aromatic amines is 1. The summed E-state index contributed by atoms with van der Waals surface area (Å²) in [4.78, 5) is 17.5. The Bertz CT molecular complexity index is 608. The fourth-order valence-electron chi connectivity index (χ4n) is 1.46. The van der Waals surface area contributed by atoms with Crippen LogP contribution in [-0.2, 0) is 0 Å². The zero-order valence-corrected chi connectivity index (χ0v) is 10.2. The predicted molar refractivity (Wildman–Crippen MR) is 65.9 cm³/mol. The van der Waals surface area contributed by atoms with E-state index in [1.807, 2.05) is 32.0 Å². The van der Waals surface area contributed by atoms with Crippen molar-refractivity contribution in [2.75, 3.05) is 0 Å². The Morgan fingerprint density at radius 2 is 2.12 bits per heavy atom. The Labute approximate surface area is 103 Å². The quantitative estimate of drug-likeness (QED) is 0.892. The van der Waals surface area contributed by atoms with Gasteiger partial charge in [-0.2, -0.15) is 0 Å². The van der Waals surface area contributed by atoms with Crippen LogP contribution in [0.15, 0.2) is 29.3 Å². The largest absolute Gasteiger partial charge is 0.437 e. The van der Waals surface area contributed by atoms with E-state index in [0.717, 1.165) is 11.1 Å². The van der Waals surface area contributed by atoms with Gasteiger partial charge in [-0.15, -0.1) is 0 Å². The molecule has 0 unspecified atom stereocenters. The second-order valence-corrected chi connectivity index (χ2v) is 4.10. The lowest BCUT2D eigenvalue weighted by atomic mass is 10.1. The molecule has 4 nitrogen and oxygen atoms in total. The molecule has 0 fully saturated rings. The minimum atomic E-state index is -0.415. The van der Waals surface area contributed by atoms with Crippen molar-refractivity contribution in [2.24, 2.45) is 0 Å². The Balaban J connectivity index is 2.38. The molecule has 0 saturated heterocycles. The second-order valence-electron chi connectivity index (χ2n) is 3.72. The van der Waals surface area contributed by atoms with Crippen molar-refractivity contribution < 1.29 is 4.74 Å². The maximum absolute atomic E-state index is 11.3. The minimum Gasteiger partial charge on any atom is -0.437 e. The first-order valence-electron chi connectivity index (χ1n) is 5.06. The van der Waals surface area contributed by atoms with Gasteiger partial charge in [-0.05, 0) is 25.5 Å². The number of rotatable bonds is 2. The average Bonchev–Trinajstić information content (AvgIpc) is 2.28. The second kappa shape index (κ2) is 4.59. The van der Waals surface area contributed by atoms with E-state index in [4.69, 9.17) is 16.3 Å². The number of aryl methyl sites for hydroxylation is 2. The number of nitrogens with one attached hydrogen (secondary N) is 1. The van der Waals surface area contributed by atoms with Crippen molar-refractivity contribution in [2.45, 2.75) is 13.8 Å². The molecule has 5 heteroatoms. The average molecular weight is 251 g/mol. The normalized spacial score (nSPS) is 10.3. The van der Waals surface area contributed by atoms with E-state index in [1.54, 1.807) is 0 Å². The van der Waals surface area contributed by atoms with Gasteiger partial charge in [0, 0.05) is 0 Å². The lowest BCUT2D eigenvalue weighted by Crippen LogP contribution is -2.08. The molecule has 2 rings (SSSR count). The number of hydrogen-bond acceptors (Lipinski definition) is 3. The molecule has 1 aromatic carbocycles. The van der Waals surface area contributed by atoms with Gasteiger partial charge in [0.1, 0.15) is 5.75 Å². The topological polar surface area (TPSA) is 55.0 Å². The lowest BCUT2D eigenvalue weighted by Gasteiger charge is -2.08. The van der Waals surface area contributed by atoms with E-state index in [1.165, 1.54) is 6.33 Å². The lowest BCUT2D eigenvalue weighted by molar-refractivity contribution is 0.457. The van der Waals surface area contributed by atoms with E-state index in [9.17, 15) is 4.79 Å². The number of H-pyrrole nitrogens is 1. The molecule has 1 heterocycles. The Morgan fingerprint density at radius 3 is 2.82 bits per heavy atom. The molecular weight excluding hydrogens is 240 g/mol. The van der Waals surface area contributed by atoms with Crippen molar-refractivity contribution in [1.29, 1.82) is 0 Å². The molecule has 2 aromatic rings. The summed E-state index contributed by atoms with van der Waals surface area (Å²) in [5.41, 5.74) is 1.68. The van der Waals surface area contributed by atoms with Crippen LogP contribution in [0.1, 0.15) is 11.1 Å². The van der Waals surface area contributed by atoms with Gasteiger partial charge in [-0.25, -0.2) is 4.98 Å². The summed E-state index contributed by atoms with van der Waals surface area (Å²) in [6.07, 6.45) is 1.26. The summed E-state index contributed by atoms with van der Waals surface area (Å²) in [5.74, 6) is 0.748. The molecule has 0 radical (unpaired) electrons. The summed E-state index contributed by atoms with van der Waals surface area (Å²) in [6, 6.07) is 5.73. The van der Waals surface area contributed by atoms with Gasteiger partial charge in [-0.3, -0.25) is 4.79 Å². The summed E-state index contributed by atoms with van der Waals surface area (Å²) in [6.45, 7) is 3.92. The number of ether oxygens (including phenoxy) is 1. The summed E-state index contributed by atoms with van der Waals surface area (Å²) >= 11 is 5.80. The number of halogens is 1. The third kappa shape index (κ3) is 2.47. The molecule has 1 N–H and O–H groups in total. The first kappa shape index (κ1) is 11.7. The Morgan fingerprint density at radius 1 is 1.35 bits per heavy atom. The standard InChI is InChI=1S/C12H11ClN2O2/c1-7-3-4-9(8(2)5-7)17-12-10(13)11(16)14-6-15-12/h3-6H,1-2H3,(H,14,15,16). The van der Waals surface area contributed by atoms with Crippen molar-refractivity contribution in [1.82, 2.24) is 9.97 Å². The van der Waals surface area contributed by atoms with Crippen molar-refractivity contribution >= 4 is 11.6 Å². The maximum atomic E-state index is 11.3. The number of benzene rings is 1. The van der Waals surface area contributed by atoms with Crippen LogP contribution in [0.25, 0.3) is 0 Å². The molecule has 0 amide bonds. The van der Waals surface area contributed by atoms with Crippen molar-refractivity contribution in [3.63, 3.8) is 0 Å².